The van der Waals surface area contributed by atoms with Crippen molar-refractivity contribution in [1.82, 2.24) is 0 Å². The minimum absolute atomic E-state index is 0.0254. The van der Waals surface area contributed by atoms with Crippen molar-refractivity contribution in [1.29, 1.82) is 5.26 Å². The van der Waals surface area contributed by atoms with Crippen LogP contribution in [0.25, 0.3) is 0 Å². The maximum atomic E-state index is 12.8. The highest BCUT2D eigenvalue weighted by Crippen LogP contribution is 2.43. The smallest absolute Gasteiger partial charge is 0.356 e. The zero-order valence-electron chi connectivity index (χ0n) is 20.2. The lowest BCUT2D eigenvalue weighted by atomic mass is 10.0. The number of benzene rings is 2. The Morgan fingerprint density at radius 2 is 1.97 bits per heavy atom. The van der Waals surface area contributed by atoms with Gasteiger partial charge in [0.15, 0.2) is 0 Å². The van der Waals surface area contributed by atoms with Gasteiger partial charge in [0, 0.05) is 18.3 Å². The number of anilines is 1. The molecule has 4 atom stereocenters. The molecule has 2 aliphatic heterocycles. The molecule has 4 rings (SSSR count). The van der Waals surface area contributed by atoms with Gasteiger partial charge in [-0.3, -0.25) is 4.90 Å². The van der Waals surface area contributed by atoms with Gasteiger partial charge in [0.05, 0.1) is 18.6 Å². The van der Waals surface area contributed by atoms with Gasteiger partial charge in [-0.1, -0.05) is 30.3 Å². The van der Waals surface area contributed by atoms with E-state index in [1.54, 1.807) is 35.2 Å². The van der Waals surface area contributed by atoms with Crippen LogP contribution in [0.4, 0.5) is 5.69 Å². The van der Waals surface area contributed by atoms with Crippen LogP contribution in [0.1, 0.15) is 34.8 Å². The van der Waals surface area contributed by atoms with Crippen LogP contribution in [-0.4, -0.2) is 60.3 Å². The van der Waals surface area contributed by atoms with E-state index in [2.05, 4.69) is 4.74 Å². The Kier molecular flexibility index (Phi) is 7.61. The first-order valence-corrected chi connectivity index (χ1v) is 11.8. The summed E-state index contributed by atoms with van der Waals surface area (Å²) in [4.78, 5) is 39.3. The molecule has 0 aromatic heterocycles. The summed E-state index contributed by atoms with van der Waals surface area (Å²) in [7, 11) is 0. The molecule has 37 heavy (non-hydrogen) atoms. The van der Waals surface area contributed by atoms with E-state index < -0.39 is 36.0 Å². The second-order valence-electron chi connectivity index (χ2n) is 8.96. The van der Waals surface area contributed by atoms with E-state index in [1.807, 2.05) is 25.1 Å². The van der Waals surface area contributed by atoms with Gasteiger partial charge in [-0.2, -0.15) is 5.26 Å². The van der Waals surface area contributed by atoms with Crippen LogP contribution < -0.4 is 10.6 Å². The third-order valence-electron chi connectivity index (χ3n) is 6.05. The summed E-state index contributed by atoms with van der Waals surface area (Å²) in [5.41, 5.74) is 8.66. The first-order chi connectivity index (χ1) is 17.7. The number of aliphatic hydroxyl groups excluding tert-OH is 1. The number of nitriles is 1. The topological polar surface area (TPSA) is 161 Å². The fourth-order valence-electron chi connectivity index (χ4n) is 4.46. The Morgan fingerprint density at radius 1 is 1.24 bits per heavy atom. The van der Waals surface area contributed by atoms with Crippen molar-refractivity contribution >= 4 is 23.6 Å². The predicted octanol–water partition coefficient (Wildman–Crippen LogP) is 1.17. The number of nitrogens with zero attached hydrogens (tertiary/aromatic N) is 2. The minimum Gasteiger partial charge on any atom is -0.462 e. The molecule has 2 aromatic carbocycles. The molecule has 0 bridgehead atoms. The molecule has 2 aromatic rings. The van der Waals surface area contributed by atoms with Gasteiger partial charge in [0.2, 0.25) is 12.2 Å². The lowest BCUT2D eigenvalue weighted by Crippen LogP contribution is -2.53. The molecule has 0 radical (unpaired) electrons. The van der Waals surface area contributed by atoms with Crippen molar-refractivity contribution in [3.05, 3.63) is 65.2 Å². The monoisotopic (exact) mass is 509 g/mol. The summed E-state index contributed by atoms with van der Waals surface area (Å²) in [6, 6.07) is 14.0. The summed E-state index contributed by atoms with van der Waals surface area (Å²) in [5.74, 6) is -4.69. The number of carbonyl (C=O) groups is 3. The molecule has 0 saturated carbocycles. The van der Waals surface area contributed by atoms with Crippen LogP contribution >= 0.6 is 0 Å². The number of ether oxygens (including phenoxy) is 4. The molecule has 0 amide bonds. The highest BCUT2D eigenvalue weighted by Gasteiger charge is 2.57. The van der Waals surface area contributed by atoms with E-state index in [1.165, 1.54) is 6.26 Å². The fourth-order valence-corrected chi connectivity index (χ4v) is 4.46. The molecule has 1 spiro atoms. The number of rotatable bonds is 8. The van der Waals surface area contributed by atoms with Gasteiger partial charge in [-0.05, 0) is 49.1 Å². The van der Waals surface area contributed by atoms with Gasteiger partial charge in [-0.25, -0.2) is 14.4 Å². The second-order valence-corrected chi connectivity index (χ2v) is 8.96. The van der Waals surface area contributed by atoms with Gasteiger partial charge in [-0.15, -0.1) is 0 Å². The third kappa shape index (κ3) is 5.50. The number of fused-ring (bicyclic) bond motifs is 1. The highest BCUT2D eigenvalue weighted by atomic mass is 16.8. The molecule has 3 N–H and O–H groups in total. The number of carbonyl (C=O) groups excluding carboxylic acids is 3. The maximum Gasteiger partial charge on any atom is 0.356 e. The first kappa shape index (κ1) is 25.9. The van der Waals surface area contributed by atoms with Crippen LogP contribution in [0.3, 0.4) is 0 Å². The van der Waals surface area contributed by atoms with Gasteiger partial charge >= 0.3 is 23.8 Å². The van der Waals surface area contributed by atoms with Gasteiger partial charge in [0.1, 0.15) is 0 Å². The third-order valence-corrected chi connectivity index (χ3v) is 6.05. The van der Waals surface area contributed by atoms with E-state index in [0.717, 1.165) is 11.1 Å². The molecular formula is C26H27N3O8. The van der Waals surface area contributed by atoms with Crippen LogP contribution in [0.2, 0.25) is 0 Å². The highest BCUT2D eigenvalue weighted by molar-refractivity contribution is 5.89. The number of hydrogen-bond donors (Lipinski definition) is 2. The lowest BCUT2D eigenvalue weighted by Gasteiger charge is -2.36. The quantitative estimate of drug-likeness (QED) is 0.298. The summed E-state index contributed by atoms with van der Waals surface area (Å²) < 4.78 is 21.1. The van der Waals surface area contributed by atoms with Crippen molar-refractivity contribution in [2.24, 2.45) is 5.73 Å². The maximum absolute atomic E-state index is 12.8. The fraction of sp³-hybridized carbons (Fsp3) is 0.385. The SMILES string of the molecule is C[C@@H](N)Cc1ccc2c(c1)CC1(OC(=O)C(O)C(OC#N)C(=O)O1)N2CCCOC(=O)c1ccccc1. The lowest BCUT2D eigenvalue weighted by molar-refractivity contribution is -0.222. The van der Waals surface area contributed by atoms with E-state index >= 15 is 0 Å². The van der Waals surface area contributed by atoms with Crippen LogP contribution in [-0.2, 0) is 41.4 Å². The Morgan fingerprint density at radius 3 is 2.68 bits per heavy atom. The average Bonchev–Trinajstić information content (AvgIpc) is 3.11. The summed E-state index contributed by atoms with van der Waals surface area (Å²) in [6.45, 7) is 2.09. The van der Waals surface area contributed by atoms with Crippen molar-refractivity contribution < 1.29 is 38.4 Å². The Bertz CT molecular complexity index is 1210. The van der Waals surface area contributed by atoms with Crippen molar-refractivity contribution in [3.63, 3.8) is 0 Å². The van der Waals surface area contributed by atoms with Crippen LogP contribution in [0.5, 0.6) is 0 Å². The molecule has 0 aliphatic carbocycles. The molecule has 2 heterocycles. The molecule has 1 saturated heterocycles. The van der Waals surface area contributed by atoms with Crippen molar-refractivity contribution in [2.75, 3.05) is 18.1 Å². The number of nitrogens with two attached hydrogens (primary N) is 1. The minimum atomic E-state index is -2.04. The van der Waals surface area contributed by atoms with Gasteiger partial charge < -0.3 is 29.8 Å². The van der Waals surface area contributed by atoms with Crippen LogP contribution in [0.15, 0.2) is 48.5 Å². The van der Waals surface area contributed by atoms with Crippen molar-refractivity contribution in [3.8, 4) is 6.26 Å². The molecule has 2 aliphatic rings. The Hall–Kier alpha value is -4.14. The average molecular weight is 510 g/mol. The van der Waals surface area contributed by atoms with Crippen LogP contribution in [0, 0.1) is 11.5 Å². The van der Waals surface area contributed by atoms with E-state index in [-0.39, 0.29) is 25.6 Å². The molecule has 3 unspecified atom stereocenters. The van der Waals surface area contributed by atoms with E-state index in [9.17, 15) is 19.5 Å². The van der Waals surface area contributed by atoms with E-state index in [4.69, 9.17) is 25.2 Å². The molecular weight excluding hydrogens is 482 g/mol. The zero-order chi connectivity index (χ0) is 26.6. The normalized spacial score (nSPS) is 23.4. The largest absolute Gasteiger partial charge is 0.462 e. The summed E-state index contributed by atoms with van der Waals surface area (Å²) in [5, 5.41) is 19.1. The number of hydrogen-bond acceptors (Lipinski definition) is 11. The number of aliphatic hydroxyl groups is 1. The molecule has 11 nitrogen and oxygen atoms in total. The second kappa shape index (κ2) is 10.9. The van der Waals surface area contributed by atoms with E-state index in [0.29, 0.717) is 24.1 Å². The summed E-state index contributed by atoms with van der Waals surface area (Å²) in [6.07, 6.45) is -1.72. The van der Waals surface area contributed by atoms with Gasteiger partial charge in [0.25, 0.3) is 6.26 Å². The molecule has 194 valence electrons. The Labute approximate surface area is 213 Å². The van der Waals surface area contributed by atoms with Crippen molar-refractivity contribution in [2.45, 2.75) is 50.3 Å². The predicted molar refractivity (Wildman–Crippen MR) is 128 cm³/mol. The summed E-state index contributed by atoms with van der Waals surface area (Å²) >= 11 is 0. The first-order valence-electron chi connectivity index (χ1n) is 11.8. The zero-order valence-corrected chi connectivity index (χ0v) is 20.2. The molecule has 11 heteroatoms. The Balaban J connectivity index is 1.57. The standard InChI is InChI=1S/C26H27N3O8/c1-16(28)12-17-8-9-20-19(13-17)14-26(36-24(32)21(30)22(35-15-27)25(33)37-26)29(20)10-5-11-34-23(31)18-6-3-2-4-7-18/h2-4,6-9,13,16,21-22,30H,5,10-12,14,28H2,1H3/t16-,21?,22?,26?/m1/s1. The number of esters is 3. The molecule has 1 fully saturated rings.